The lowest BCUT2D eigenvalue weighted by molar-refractivity contribution is -0.120. The van der Waals surface area contributed by atoms with Gasteiger partial charge in [0, 0.05) is 24.8 Å². The molecule has 7 nitrogen and oxygen atoms in total. The number of amides is 1. The third-order valence-electron chi connectivity index (χ3n) is 4.18. The number of anilines is 1. The van der Waals surface area contributed by atoms with Gasteiger partial charge in [-0.2, -0.15) is 0 Å². The SMILES string of the molecule is CS(=O)(=O)N1CCC(C(=O)Nc2nnc(SCc3cccc(F)c3)s2)CC1. The second-order valence-electron chi connectivity index (χ2n) is 6.22. The first-order valence-corrected chi connectivity index (χ1v) is 11.9. The summed E-state index contributed by atoms with van der Waals surface area (Å²) in [4.78, 5) is 12.4. The van der Waals surface area contributed by atoms with Crippen LogP contribution in [0.1, 0.15) is 18.4 Å². The molecule has 1 aromatic carbocycles. The number of carbonyl (C=O) groups excluding carboxylic acids is 1. The molecule has 2 aromatic rings. The molecule has 27 heavy (non-hydrogen) atoms. The van der Waals surface area contributed by atoms with E-state index < -0.39 is 10.0 Å². The summed E-state index contributed by atoms with van der Waals surface area (Å²) in [7, 11) is -3.21. The molecule has 0 aliphatic carbocycles. The van der Waals surface area contributed by atoms with E-state index in [0.29, 0.717) is 41.2 Å². The second-order valence-corrected chi connectivity index (χ2v) is 10.4. The van der Waals surface area contributed by atoms with Crippen LogP contribution in [-0.4, -0.2) is 48.2 Å². The summed E-state index contributed by atoms with van der Waals surface area (Å²) >= 11 is 2.68. The van der Waals surface area contributed by atoms with Crippen LogP contribution in [0.25, 0.3) is 0 Å². The summed E-state index contributed by atoms with van der Waals surface area (Å²) in [6, 6.07) is 6.36. The Hall–Kier alpha value is -1.56. The number of hydrogen-bond acceptors (Lipinski definition) is 7. The van der Waals surface area contributed by atoms with Crippen LogP contribution in [0.2, 0.25) is 0 Å². The number of piperidine rings is 1. The highest BCUT2D eigenvalue weighted by atomic mass is 32.2. The van der Waals surface area contributed by atoms with Crippen molar-refractivity contribution in [2.45, 2.75) is 22.9 Å². The Bertz CT molecular complexity index is 911. The van der Waals surface area contributed by atoms with E-state index in [2.05, 4.69) is 15.5 Å². The first kappa shape index (κ1) is 20.2. The topological polar surface area (TPSA) is 92.3 Å². The van der Waals surface area contributed by atoms with Crippen LogP contribution in [0.15, 0.2) is 28.6 Å². The molecule has 1 N–H and O–H groups in total. The van der Waals surface area contributed by atoms with E-state index in [1.807, 2.05) is 6.07 Å². The fourth-order valence-electron chi connectivity index (χ4n) is 2.75. The van der Waals surface area contributed by atoms with Gasteiger partial charge in [-0.15, -0.1) is 10.2 Å². The molecule has 0 saturated carbocycles. The highest BCUT2D eigenvalue weighted by Gasteiger charge is 2.29. The Balaban J connectivity index is 1.49. The van der Waals surface area contributed by atoms with Gasteiger partial charge in [-0.3, -0.25) is 4.79 Å². The number of nitrogens with zero attached hydrogens (tertiary/aromatic N) is 3. The average molecular weight is 431 g/mol. The first-order valence-electron chi connectivity index (χ1n) is 8.28. The molecule has 0 spiro atoms. The maximum Gasteiger partial charge on any atom is 0.229 e. The zero-order valence-corrected chi connectivity index (χ0v) is 17.0. The predicted octanol–water partition coefficient (Wildman–Crippen LogP) is 2.58. The van der Waals surface area contributed by atoms with Gasteiger partial charge in [-0.1, -0.05) is 35.2 Å². The lowest BCUT2D eigenvalue weighted by Crippen LogP contribution is -2.40. The molecule has 1 saturated heterocycles. The Kier molecular flexibility index (Phi) is 6.45. The van der Waals surface area contributed by atoms with Gasteiger partial charge < -0.3 is 5.32 Å². The van der Waals surface area contributed by atoms with E-state index >= 15 is 0 Å². The largest absolute Gasteiger partial charge is 0.300 e. The fraction of sp³-hybridized carbons (Fsp3) is 0.438. The minimum Gasteiger partial charge on any atom is -0.300 e. The Morgan fingerprint density at radius 2 is 2.11 bits per heavy atom. The molecule has 1 fully saturated rings. The molecular weight excluding hydrogens is 411 g/mol. The summed E-state index contributed by atoms with van der Waals surface area (Å²) in [6.45, 7) is 0.698. The molecule has 0 bridgehead atoms. The van der Waals surface area contributed by atoms with Crippen LogP contribution >= 0.6 is 23.1 Å². The molecule has 0 radical (unpaired) electrons. The fourth-order valence-corrected chi connectivity index (χ4v) is 5.32. The highest BCUT2D eigenvalue weighted by Crippen LogP contribution is 2.29. The van der Waals surface area contributed by atoms with Gasteiger partial charge in [0.15, 0.2) is 4.34 Å². The molecule has 0 atom stereocenters. The van der Waals surface area contributed by atoms with E-state index in [-0.39, 0.29) is 17.6 Å². The number of halogens is 1. The minimum atomic E-state index is -3.21. The van der Waals surface area contributed by atoms with Crippen LogP contribution in [0.4, 0.5) is 9.52 Å². The summed E-state index contributed by atoms with van der Waals surface area (Å²) in [6.07, 6.45) is 2.15. The minimum absolute atomic E-state index is 0.166. The second kappa shape index (κ2) is 8.63. The lowest BCUT2D eigenvalue weighted by atomic mass is 9.97. The summed E-state index contributed by atoms with van der Waals surface area (Å²) < 4.78 is 38.3. The maximum atomic E-state index is 13.2. The smallest absolute Gasteiger partial charge is 0.229 e. The number of carbonyl (C=O) groups is 1. The van der Waals surface area contributed by atoms with E-state index in [9.17, 15) is 17.6 Å². The van der Waals surface area contributed by atoms with Crippen molar-refractivity contribution in [2.75, 3.05) is 24.7 Å². The van der Waals surface area contributed by atoms with Crippen molar-refractivity contribution in [1.29, 1.82) is 0 Å². The molecule has 2 heterocycles. The van der Waals surface area contributed by atoms with Gasteiger partial charge in [0.05, 0.1) is 6.26 Å². The van der Waals surface area contributed by atoms with Crippen molar-refractivity contribution >= 4 is 44.2 Å². The lowest BCUT2D eigenvalue weighted by Gasteiger charge is -2.29. The number of sulfonamides is 1. The molecular formula is C16H19FN4O3S3. The van der Waals surface area contributed by atoms with Crippen molar-refractivity contribution in [3.63, 3.8) is 0 Å². The Morgan fingerprint density at radius 3 is 2.78 bits per heavy atom. The van der Waals surface area contributed by atoms with Gasteiger partial charge in [0.1, 0.15) is 5.82 Å². The van der Waals surface area contributed by atoms with Gasteiger partial charge >= 0.3 is 0 Å². The number of benzene rings is 1. The number of nitrogens with one attached hydrogen (secondary N) is 1. The van der Waals surface area contributed by atoms with Gasteiger partial charge in [-0.05, 0) is 30.5 Å². The molecule has 11 heteroatoms. The number of hydrogen-bond donors (Lipinski definition) is 1. The standard InChI is InChI=1S/C16H19FN4O3S3/c1-27(23,24)21-7-5-12(6-8-21)14(22)18-15-19-20-16(26-15)25-10-11-3-2-4-13(17)9-11/h2-4,9,12H,5-8,10H2,1H3,(H,18,19,22). The zero-order chi connectivity index (χ0) is 19.4. The van der Waals surface area contributed by atoms with Crippen LogP contribution in [0, 0.1) is 11.7 Å². The van der Waals surface area contributed by atoms with Crippen molar-refractivity contribution < 1.29 is 17.6 Å². The van der Waals surface area contributed by atoms with Gasteiger partial charge in [0.25, 0.3) is 0 Å². The van der Waals surface area contributed by atoms with Crippen molar-refractivity contribution in [2.24, 2.45) is 5.92 Å². The normalized spacial score (nSPS) is 16.4. The molecule has 146 valence electrons. The van der Waals surface area contributed by atoms with Crippen LogP contribution in [0.5, 0.6) is 0 Å². The quantitative estimate of drug-likeness (QED) is 0.559. The third-order valence-corrected chi connectivity index (χ3v) is 7.53. The van der Waals surface area contributed by atoms with Gasteiger partial charge in [-0.25, -0.2) is 17.1 Å². The van der Waals surface area contributed by atoms with Crippen molar-refractivity contribution in [3.8, 4) is 0 Å². The number of thioether (sulfide) groups is 1. The molecule has 3 rings (SSSR count). The van der Waals surface area contributed by atoms with E-state index in [1.54, 1.807) is 6.07 Å². The zero-order valence-electron chi connectivity index (χ0n) is 14.6. The third kappa shape index (κ3) is 5.71. The van der Waals surface area contributed by atoms with Crippen LogP contribution < -0.4 is 5.32 Å². The predicted molar refractivity (Wildman–Crippen MR) is 104 cm³/mol. The molecule has 1 aliphatic heterocycles. The summed E-state index contributed by atoms with van der Waals surface area (Å²) in [5.41, 5.74) is 0.846. The number of rotatable bonds is 6. The van der Waals surface area contributed by atoms with Crippen molar-refractivity contribution in [3.05, 3.63) is 35.6 Å². The molecule has 1 aliphatic rings. The molecule has 0 unspecified atom stereocenters. The maximum absolute atomic E-state index is 13.2. The van der Waals surface area contributed by atoms with E-state index in [4.69, 9.17) is 0 Å². The Morgan fingerprint density at radius 1 is 1.37 bits per heavy atom. The molecule has 1 aromatic heterocycles. The average Bonchev–Trinajstić information content (AvgIpc) is 3.07. The first-order chi connectivity index (χ1) is 12.8. The Labute approximate surface area is 165 Å². The van der Waals surface area contributed by atoms with Crippen LogP contribution in [-0.2, 0) is 20.6 Å². The highest BCUT2D eigenvalue weighted by molar-refractivity contribution is 8.00. The van der Waals surface area contributed by atoms with E-state index in [0.717, 1.165) is 5.56 Å². The summed E-state index contributed by atoms with van der Waals surface area (Å²) in [5, 5.41) is 11.2. The van der Waals surface area contributed by atoms with E-state index in [1.165, 1.54) is 45.8 Å². The monoisotopic (exact) mass is 430 g/mol. The molecule has 1 amide bonds. The van der Waals surface area contributed by atoms with Crippen molar-refractivity contribution in [1.82, 2.24) is 14.5 Å². The van der Waals surface area contributed by atoms with Gasteiger partial charge in [0.2, 0.25) is 21.1 Å². The number of aromatic nitrogens is 2. The summed E-state index contributed by atoms with van der Waals surface area (Å²) in [5.74, 6) is -0.124. The van der Waals surface area contributed by atoms with Crippen LogP contribution in [0.3, 0.4) is 0 Å².